The van der Waals surface area contributed by atoms with E-state index in [4.69, 9.17) is 4.42 Å². The van der Waals surface area contributed by atoms with Crippen LogP contribution in [-0.4, -0.2) is 36.3 Å². The molecule has 1 aliphatic rings. The smallest absolute Gasteiger partial charge is 0.287 e. The molecule has 2 aromatic rings. The standard InChI is InChI=1S/C20H24N2O3/c1-3-14-13-18(25-17(14)4-2)19(23)21-10-12-22-11-9-15-7-5-6-8-16(15)20(22)24/h5-8,13H,3-4,9-12H2,1-2H3,(H,21,23). The molecular weight excluding hydrogens is 316 g/mol. The van der Waals surface area contributed by atoms with E-state index in [1.54, 1.807) is 4.90 Å². The second-order valence-corrected chi connectivity index (χ2v) is 6.22. The lowest BCUT2D eigenvalue weighted by Crippen LogP contribution is -2.42. The summed E-state index contributed by atoms with van der Waals surface area (Å²) in [5, 5.41) is 2.85. The van der Waals surface area contributed by atoms with Crippen molar-refractivity contribution in [2.45, 2.75) is 33.1 Å². The maximum atomic E-state index is 12.5. The van der Waals surface area contributed by atoms with Gasteiger partial charge in [-0.25, -0.2) is 0 Å². The van der Waals surface area contributed by atoms with E-state index < -0.39 is 0 Å². The SMILES string of the molecule is CCc1cc(C(=O)NCCN2CCc3ccccc3C2=O)oc1CC. The van der Waals surface area contributed by atoms with Crippen molar-refractivity contribution in [1.29, 1.82) is 0 Å². The molecule has 0 unspecified atom stereocenters. The Morgan fingerprint density at radius 3 is 2.76 bits per heavy atom. The molecule has 132 valence electrons. The highest BCUT2D eigenvalue weighted by molar-refractivity contribution is 5.96. The van der Waals surface area contributed by atoms with Crippen LogP contribution in [0.25, 0.3) is 0 Å². The van der Waals surface area contributed by atoms with Crippen LogP contribution in [0.15, 0.2) is 34.7 Å². The van der Waals surface area contributed by atoms with E-state index in [9.17, 15) is 9.59 Å². The van der Waals surface area contributed by atoms with Crippen molar-refractivity contribution in [2.24, 2.45) is 0 Å². The maximum absolute atomic E-state index is 12.5. The average molecular weight is 340 g/mol. The van der Waals surface area contributed by atoms with Crippen molar-refractivity contribution in [3.05, 3.63) is 58.5 Å². The molecule has 0 fully saturated rings. The molecule has 0 bridgehead atoms. The number of aryl methyl sites for hydroxylation is 2. The lowest BCUT2D eigenvalue weighted by molar-refractivity contribution is 0.0732. The van der Waals surface area contributed by atoms with Gasteiger partial charge < -0.3 is 14.6 Å². The zero-order valence-corrected chi connectivity index (χ0v) is 14.8. The molecule has 0 saturated carbocycles. The average Bonchev–Trinajstić information content (AvgIpc) is 3.07. The highest BCUT2D eigenvalue weighted by Gasteiger charge is 2.23. The third-order valence-electron chi connectivity index (χ3n) is 4.68. The van der Waals surface area contributed by atoms with Gasteiger partial charge in [-0.05, 0) is 36.1 Å². The fourth-order valence-electron chi connectivity index (χ4n) is 3.26. The Kier molecular flexibility index (Phi) is 5.22. The van der Waals surface area contributed by atoms with E-state index in [0.29, 0.717) is 25.4 Å². The van der Waals surface area contributed by atoms with Crippen molar-refractivity contribution in [2.75, 3.05) is 19.6 Å². The highest BCUT2D eigenvalue weighted by atomic mass is 16.4. The van der Waals surface area contributed by atoms with Crippen molar-refractivity contribution in [1.82, 2.24) is 10.2 Å². The zero-order chi connectivity index (χ0) is 17.8. The van der Waals surface area contributed by atoms with Crippen LogP contribution in [0, 0.1) is 0 Å². The third-order valence-corrected chi connectivity index (χ3v) is 4.68. The summed E-state index contributed by atoms with van der Waals surface area (Å²) in [7, 11) is 0. The Morgan fingerprint density at radius 2 is 2.04 bits per heavy atom. The van der Waals surface area contributed by atoms with Crippen LogP contribution in [0.4, 0.5) is 0 Å². The molecule has 5 heteroatoms. The Balaban J connectivity index is 1.56. The molecule has 5 nitrogen and oxygen atoms in total. The summed E-state index contributed by atoms with van der Waals surface area (Å²) < 4.78 is 5.63. The van der Waals surface area contributed by atoms with Crippen LogP contribution in [0.1, 0.15) is 51.6 Å². The number of hydrogen-bond donors (Lipinski definition) is 1. The summed E-state index contributed by atoms with van der Waals surface area (Å²) in [6.45, 7) is 5.66. The summed E-state index contributed by atoms with van der Waals surface area (Å²) in [5.74, 6) is 1.04. The van der Waals surface area contributed by atoms with E-state index in [1.165, 1.54) is 0 Å². The number of nitrogens with one attached hydrogen (secondary N) is 1. The third kappa shape index (κ3) is 3.60. The molecule has 3 rings (SSSR count). The van der Waals surface area contributed by atoms with Crippen LogP contribution in [0.5, 0.6) is 0 Å². The first kappa shape index (κ1) is 17.3. The molecule has 0 saturated heterocycles. The Morgan fingerprint density at radius 1 is 1.24 bits per heavy atom. The van der Waals surface area contributed by atoms with E-state index in [-0.39, 0.29) is 11.8 Å². The van der Waals surface area contributed by atoms with E-state index >= 15 is 0 Å². The summed E-state index contributed by atoms with van der Waals surface area (Å²) in [6.07, 6.45) is 2.48. The number of amides is 2. The van der Waals surface area contributed by atoms with Gasteiger partial charge in [-0.2, -0.15) is 0 Å². The normalized spacial score (nSPS) is 13.7. The molecule has 0 atom stereocenters. The maximum Gasteiger partial charge on any atom is 0.287 e. The Labute approximate surface area is 148 Å². The number of furan rings is 1. The predicted molar refractivity (Wildman–Crippen MR) is 95.8 cm³/mol. The molecule has 1 N–H and O–H groups in total. The van der Waals surface area contributed by atoms with Gasteiger partial charge in [-0.3, -0.25) is 9.59 Å². The van der Waals surface area contributed by atoms with Crippen molar-refractivity contribution in [3.8, 4) is 0 Å². The van der Waals surface area contributed by atoms with Crippen molar-refractivity contribution in [3.63, 3.8) is 0 Å². The molecule has 25 heavy (non-hydrogen) atoms. The number of carbonyl (C=O) groups excluding carboxylic acids is 2. The topological polar surface area (TPSA) is 62.6 Å². The number of nitrogens with zero attached hydrogens (tertiary/aromatic N) is 1. The second-order valence-electron chi connectivity index (χ2n) is 6.22. The van der Waals surface area contributed by atoms with Crippen LogP contribution >= 0.6 is 0 Å². The van der Waals surface area contributed by atoms with Gasteiger partial charge in [0.25, 0.3) is 11.8 Å². The van der Waals surface area contributed by atoms with Crippen molar-refractivity contribution >= 4 is 11.8 Å². The van der Waals surface area contributed by atoms with Crippen LogP contribution in [0.2, 0.25) is 0 Å². The molecule has 0 aliphatic carbocycles. The van der Waals surface area contributed by atoms with Crippen LogP contribution in [-0.2, 0) is 19.3 Å². The van der Waals surface area contributed by atoms with Gasteiger partial charge in [0.1, 0.15) is 5.76 Å². The second kappa shape index (κ2) is 7.55. The van der Waals surface area contributed by atoms with Crippen LogP contribution in [0.3, 0.4) is 0 Å². The van der Waals surface area contributed by atoms with E-state index in [0.717, 1.165) is 41.7 Å². The minimum atomic E-state index is -0.223. The van der Waals surface area contributed by atoms with Gasteiger partial charge in [0.2, 0.25) is 0 Å². The summed E-state index contributed by atoms with van der Waals surface area (Å²) in [5.41, 5.74) is 2.95. The number of rotatable bonds is 6. The minimum Gasteiger partial charge on any atom is -0.456 e. The minimum absolute atomic E-state index is 0.0376. The van der Waals surface area contributed by atoms with Gasteiger partial charge in [0, 0.05) is 31.6 Å². The van der Waals surface area contributed by atoms with Gasteiger partial charge in [-0.1, -0.05) is 32.0 Å². The lowest BCUT2D eigenvalue weighted by atomic mass is 9.99. The molecule has 1 aliphatic heterocycles. The highest BCUT2D eigenvalue weighted by Crippen LogP contribution is 2.19. The Hall–Kier alpha value is -2.56. The quantitative estimate of drug-likeness (QED) is 0.879. The summed E-state index contributed by atoms with van der Waals surface area (Å²) in [4.78, 5) is 26.5. The number of hydrogen-bond acceptors (Lipinski definition) is 3. The van der Waals surface area contributed by atoms with E-state index in [1.807, 2.05) is 44.2 Å². The van der Waals surface area contributed by atoms with Gasteiger partial charge in [-0.15, -0.1) is 0 Å². The Bertz CT molecular complexity index is 757. The fraction of sp³-hybridized carbons (Fsp3) is 0.400. The monoisotopic (exact) mass is 340 g/mol. The van der Waals surface area contributed by atoms with E-state index in [2.05, 4.69) is 5.32 Å². The molecular formula is C20H24N2O3. The molecule has 2 heterocycles. The summed E-state index contributed by atoms with van der Waals surface area (Å²) in [6, 6.07) is 9.52. The molecule has 1 aromatic carbocycles. The molecule has 1 aromatic heterocycles. The van der Waals surface area contributed by atoms with Crippen molar-refractivity contribution < 1.29 is 14.0 Å². The molecule has 0 radical (unpaired) electrons. The van der Waals surface area contributed by atoms with Crippen LogP contribution < -0.4 is 5.32 Å². The molecule has 2 amide bonds. The number of fused-ring (bicyclic) bond motifs is 1. The van der Waals surface area contributed by atoms with Gasteiger partial charge >= 0.3 is 0 Å². The first-order valence-electron chi connectivity index (χ1n) is 8.91. The summed E-state index contributed by atoms with van der Waals surface area (Å²) >= 11 is 0. The molecule has 0 spiro atoms. The number of benzene rings is 1. The fourth-order valence-corrected chi connectivity index (χ4v) is 3.26. The predicted octanol–water partition coefficient (Wildman–Crippen LogP) is 2.83. The first-order valence-corrected chi connectivity index (χ1v) is 8.91. The number of carbonyl (C=O) groups is 2. The zero-order valence-electron chi connectivity index (χ0n) is 14.8. The van der Waals surface area contributed by atoms with Gasteiger partial charge in [0.15, 0.2) is 5.76 Å². The lowest BCUT2D eigenvalue weighted by Gasteiger charge is -2.28. The first-order chi connectivity index (χ1) is 12.1. The largest absolute Gasteiger partial charge is 0.456 e. The van der Waals surface area contributed by atoms with Gasteiger partial charge in [0.05, 0.1) is 0 Å².